The Balaban J connectivity index is 1.88. The Kier molecular flexibility index (Phi) is 4.01. The van der Waals surface area contributed by atoms with E-state index in [1.165, 1.54) is 5.56 Å². The zero-order chi connectivity index (χ0) is 14.7. The molecule has 108 valence electrons. The van der Waals surface area contributed by atoms with Crippen molar-refractivity contribution in [2.45, 2.75) is 19.8 Å². The van der Waals surface area contributed by atoms with Gasteiger partial charge in [0, 0.05) is 24.0 Å². The van der Waals surface area contributed by atoms with Gasteiger partial charge in [-0.2, -0.15) is 0 Å². The average molecular weight is 302 g/mol. The molecule has 0 amide bonds. The summed E-state index contributed by atoms with van der Waals surface area (Å²) in [5, 5.41) is 11.5. The summed E-state index contributed by atoms with van der Waals surface area (Å²) in [7, 11) is 0. The number of alkyl halides is 1. The van der Waals surface area contributed by atoms with Crippen molar-refractivity contribution in [2.24, 2.45) is 0 Å². The van der Waals surface area contributed by atoms with Gasteiger partial charge in [-0.15, -0.1) is 21.8 Å². The van der Waals surface area contributed by atoms with Gasteiger partial charge in [-0.25, -0.2) is 4.98 Å². The Morgan fingerprint density at radius 2 is 2.19 bits per heavy atom. The Hall–Kier alpha value is -2.14. The molecule has 0 bridgehead atoms. The predicted octanol–water partition coefficient (Wildman–Crippen LogP) is 3.35. The fourth-order valence-electron chi connectivity index (χ4n) is 2.24. The first-order valence-corrected chi connectivity index (χ1v) is 7.39. The molecule has 2 aromatic heterocycles. The summed E-state index contributed by atoms with van der Waals surface area (Å²) in [4.78, 5) is 4.35. The van der Waals surface area contributed by atoms with Crippen LogP contribution in [0.15, 0.2) is 36.7 Å². The number of hydrogen-bond acceptors (Lipinski definition) is 4. The van der Waals surface area contributed by atoms with Crippen molar-refractivity contribution in [3.63, 3.8) is 0 Å². The van der Waals surface area contributed by atoms with E-state index in [-0.39, 0.29) is 0 Å². The van der Waals surface area contributed by atoms with Crippen LogP contribution in [0.4, 0.5) is 11.5 Å². The number of nitrogens with zero attached hydrogens (tertiary/aromatic N) is 4. The highest BCUT2D eigenvalue weighted by atomic mass is 35.5. The van der Waals surface area contributed by atoms with E-state index in [2.05, 4.69) is 32.6 Å². The molecular formula is C15H16ClN5. The molecule has 1 N–H and O–H groups in total. The molecule has 0 radical (unpaired) electrons. The van der Waals surface area contributed by atoms with Crippen molar-refractivity contribution < 1.29 is 0 Å². The quantitative estimate of drug-likeness (QED) is 0.734. The lowest BCUT2D eigenvalue weighted by molar-refractivity contribution is 0.929. The zero-order valence-corrected chi connectivity index (χ0v) is 12.5. The number of aryl methyl sites for hydroxylation is 2. The fourth-order valence-corrected chi connectivity index (χ4v) is 2.38. The molecule has 0 spiro atoms. The van der Waals surface area contributed by atoms with Gasteiger partial charge in [0.1, 0.15) is 5.82 Å². The molecule has 0 saturated heterocycles. The summed E-state index contributed by atoms with van der Waals surface area (Å²) in [6.45, 7) is 1.91. The highest BCUT2D eigenvalue weighted by Crippen LogP contribution is 2.20. The van der Waals surface area contributed by atoms with Crippen LogP contribution in [0.1, 0.15) is 17.8 Å². The first-order chi connectivity index (χ1) is 10.3. The standard InChI is InChI=1S/C15H16ClN5/c1-11-19-20-15-14(17-8-9-21(11)15)18-13-6-2-4-12(10-13)5-3-7-16/h2,4,6,8-10H,3,5,7H2,1H3,(H,17,18). The first-order valence-electron chi connectivity index (χ1n) is 6.86. The number of aromatic nitrogens is 4. The van der Waals surface area contributed by atoms with E-state index in [0.717, 1.165) is 30.0 Å². The number of rotatable bonds is 5. The highest BCUT2D eigenvalue weighted by molar-refractivity contribution is 6.17. The van der Waals surface area contributed by atoms with Crippen molar-refractivity contribution in [1.82, 2.24) is 19.6 Å². The minimum Gasteiger partial charge on any atom is -0.337 e. The topological polar surface area (TPSA) is 55.1 Å². The Morgan fingerprint density at radius 3 is 3.05 bits per heavy atom. The van der Waals surface area contributed by atoms with E-state index >= 15 is 0 Å². The molecule has 0 atom stereocenters. The smallest absolute Gasteiger partial charge is 0.204 e. The van der Waals surface area contributed by atoms with Crippen molar-refractivity contribution in [1.29, 1.82) is 0 Å². The van der Waals surface area contributed by atoms with Crippen molar-refractivity contribution in [2.75, 3.05) is 11.2 Å². The molecule has 0 fully saturated rings. The van der Waals surface area contributed by atoms with Gasteiger partial charge in [-0.3, -0.25) is 4.40 Å². The van der Waals surface area contributed by atoms with Crippen molar-refractivity contribution in [3.05, 3.63) is 48.0 Å². The van der Waals surface area contributed by atoms with Crippen LogP contribution >= 0.6 is 11.6 Å². The van der Waals surface area contributed by atoms with Crippen LogP contribution in [-0.4, -0.2) is 25.5 Å². The van der Waals surface area contributed by atoms with E-state index in [1.807, 2.05) is 29.7 Å². The normalized spacial score (nSPS) is 11.0. The van der Waals surface area contributed by atoms with Gasteiger partial charge in [0.05, 0.1) is 0 Å². The third-order valence-corrected chi connectivity index (χ3v) is 3.55. The Bertz CT molecular complexity index is 753. The summed E-state index contributed by atoms with van der Waals surface area (Å²) < 4.78 is 1.91. The number of halogens is 1. The first kappa shape index (κ1) is 13.8. The monoisotopic (exact) mass is 301 g/mol. The molecule has 6 heteroatoms. The van der Waals surface area contributed by atoms with Gasteiger partial charge in [0.2, 0.25) is 5.65 Å². The molecule has 0 saturated carbocycles. The highest BCUT2D eigenvalue weighted by Gasteiger charge is 2.08. The van der Waals surface area contributed by atoms with E-state index < -0.39 is 0 Å². The van der Waals surface area contributed by atoms with Crippen LogP contribution in [-0.2, 0) is 6.42 Å². The van der Waals surface area contributed by atoms with Gasteiger partial charge < -0.3 is 5.32 Å². The van der Waals surface area contributed by atoms with Crippen molar-refractivity contribution in [3.8, 4) is 0 Å². The number of anilines is 2. The molecule has 0 aliphatic rings. The minimum atomic E-state index is 0.678. The lowest BCUT2D eigenvalue weighted by Crippen LogP contribution is -1.99. The maximum atomic E-state index is 5.75. The van der Waals surface area contributed by atoms with Crippen LogP contribution in [0.5, 0.6) is 0 Å². The molecule has 1 aromatic carbocycles. The molecule has 5 nitrogen and oxygen atoms in total. The van der Waals surface area contributed by atoms with Crippen LogP contribution in [0.2, 0.25) is 0 Å². The van der Waals surface area contributed by atoms with Gasteiger partial charge >= 0.3 is 0 Å². The number of nitrogens with one attached hydrogen (secondary N) is 1. The zero-order valence-electron chi connectivity index (χ0n) is 11.8. The summed E-state index contributed by atoms with van der Waals surface area (Å²) in [5.74, 6) is 2.22. The fraction of sp³-hybridized carbons (Fsp3) is 0.267. The van der Waals surface area contributed by atoms with Gasteiger partial charge in [0.25, 0.3) is 0 Å². The molecule has 21 heavy (non-hydrogen) atoms. The van der Waals surface area contributed by atoms with Gasteiger partial charge in [0.15, 0.2) is 5.82 Å². The lowest BCUT2D eigenvalue weighted by Gasteiger charge is -2.08. The third-order valence-electron chi connectivity index (χ3n) is 3.29. The predicted molar refractivity (Wildman–Crippen MR) is 84.3 cm³/mol. The van der Waals surface area contributed by atoms with E-state index in [0.29, 0.717) is 11.7 Å². The molecule has 0 aliphatic heterocycles. The molecule has 0 unspecified atom stereocenters. The van der Waals surface area contributed by atoms with Crippen molar-refractivity contribution >= 4 is 28.8 Å². The molecule has 2 heterocycles. The average Bonchev–Trinajstić information content (AvgIpc) is 2.88. The second-order valence-corrected chi connectivity index (χ2v) is 5.21. The molecule has 3 aromatic rings. The van der Waals surface area contributed by atoms with E-state index in [9.17, 15) is 0 Å². The van der Waals surface area contributed by atoms with Gasteiger partial charge in [-0.05, 0) is 37.5 Å². The maximum absolute atomic E-state index is 5.75. The number of hydrogen-bond donors (Lipinski definition) is 1. The Morgan fingerprint density at radius 1 is 1.29 bits per heavy atom. The number of fused-ring (bicyclic) bond motifs is 1. The molecule has 3 rings (SSSR count). The molecule has 0 aliphatic carbocycles. The maximum Gasteiger partial charge on any atom is 0.204 e. The largest absolute Gasteiger partial charge is 0.337 e. The third kappa shape index (κ3) is 2.97. The van der Waals surface area contributed by atoms with Gasteiger partial charge in [-0.1, -0.05) is 12.1 Å². The van der Waals surface area contributed by atoms with E-state index in [1.54, 1.807) is 6.20 Å². The summed E-state index contributed by atoms with van der Waals surface area (Å²) in [6, 6.07) is 8.26. The minimum absolute atomic E-state index is 0.678. The van der Waals surface area contributed by atoms with Crippen LogP contribution < -0.4 is 5.32 Å². The Labute approximate surface area is 128 Å². The summed E-state index contributed by atoms with van der Waals surface area (Å²) in [6.07, 6.45) is 5.54. The second-order valence-electron chi connectivity index (χ2n) is 4.83. The SMILES string of the molecule is Cc1nnc2c(Nc3cccc(CCCCl)c3)nccn12. The van der Waals surface area contributed by atoms with Crippen LogP contribution in [0.3, 0.4) is 0 Å². The second kappa shape index (κ2) is 6.10. The lowest BCUT2D eigenvalue weighted by atomic mass is 10.1. The van der Waals surface area contributed by atoms with Crippen LogP contribution in [0, 0.1) is 6.92 Å². The summed E-state index contributed by atoms with van der Waals surface area (Å²) in [5.41, 5.74) is 2.97. The van der Waals surface area contributed by atoms with E-state index in [4.69, 9.17) is 11.6 Å². The summed E-state index contributed by atoms with van der Waals surface area (Å²) >= 11 is 5.75. The van der Waals surface area contributed by atoms with Crippen LogP contribution in [0.25, 0.3) is 5.65 Å². The number of benzene rings is 1. The molecular weight excluding hydrogens is 286 g/mol.